The number of rotatable bonds is 5. The molecule has 20 heavy (non-hydrogen) atoms. The molecule has 0 atom stereocenters. The van der Waals surface area contributed by atoms with Crippen molar-refractivity contribution in [2.24, 2.45) is 0 Å². The number of carbonyl (C=O) groups excluding carboxylic acids is 1. The highest BCUT2D eigenvalue weighted by Gasteiger charge is 2.17. The zero-order chi connectivity index (χ0) is 14.5. The van der Waals surface area contributed by atoms with Crippen molar-refractivity contribution < 1.29 is 13.9 Å². The van der Waals surface area contributed by atoms with Crippen LogP contribution in [-0.2, 0) is 22.5 Å². The average Bonchev–Trinajstić information content (AvgIpc) is 2.88. The summed E-state index contributed by atoms with van der Waals surface area (Å²) >= 11 is 0.922. The van der Waals surface area contributed by atoms with Crippen LogP contribution in [0.4, 0.5) is 4.39 Å². The van der Waals surface area contributed by atoms with Gasteiger partial charge in [0.1, 0.15) is 17.9 Å². The smallest absolute Gasteiger partial charge is 0.327 e. The first-order valence-electron chi connectivity index (χ1n) is 5.65. The summed E-state index contributed by atoms with van der Waals surface area (Å²) in [4.78, 5) is 18.9. The van der Waals surface area contributed by atoms with Gasteiger partial charge in [0.2, 0.25) is 5.16 Å². The van der Waals surface area contributed by atoms with Crippen LogP contribution in [-0.4, -0.2) is 43.3 Å². The van der Waals surface area contributed by atoms with Crippen molar-refractivity contribution in [2.45, 2.75) is 30.1 Å². The van der Waals surface area contributed by atoms with E-state index >= 15 is 0 Å². The van der Waals surface area contributed by atoms with E-state index in [1.807, 2.05) is 0 Å². The van der Waals surface area contributed by atoms with Crippen LogP contribution >= 0.6 is 11.8 Å². The molecule has 2 aromatic rings. The van der Waals surface area contributed by atoms with Gasteiger partial charge in [0.25, 0.3) is 0 Å². The molecule has 0 bridgehead atoms. The lowest BCUT2D eigenvalue weighted by Gasteiger charge is -2.04. The van der Waals surface area contributed by atoms with Gasteiger partial charge >= 0.3 is 5.97 Å². The highest BCUT2D eigenvalue weighted by molar-refractivity contribution is 7.99. The number of nitrogens with zero attached hydrogens (tertiary/aromatic N) is 6. The zero-order valence-electron chi connectivity index (χ0n) is 10.8. The molecule has 0 radical (unpaired) electrons. The Morgan fingerprint density at radius 1 is 1.50 bits per heavy atom. The Morgan fingerprint density at radius 2 is 2.30 bits per heavy atom. The number of halogens is 1. The summed E-state index contributed by atoms with van der Waals surface area (Å²) < 4.78 is 19.7. The SMILES string of the molecule is CCc1ncnc(Sc2nnnn2CC(=O)OC)c1F. The number of hydrogen-bond donors (Lipinski definition) is 0. The predicted molar refractivity (Wildman–Crippen MR) is 65.3 cm³/mol. The Labute approximate surface area is 117 Å². The van der Waals surface area contributed by atoms with Gasteiger partial charge in [-0.2, -0.15) is 0 Å². The molecular formula is C10H11FN6O2S. The number of carbonyl (C=O) groups is 1. The minimum absolute atomic E-state index is 0.109. The van der Waals surface area contributed by atoms with Crippen molar-refractivity contribution in [1.29, 1.82) is 0 Å². The number of hydrogen-bond acceptors (Lipinski definition) is 8. The molecule has 0 spiro atoms. The lowest BCUT2D eigenvalue weighted by atomic mass is 10.3. The maximum absolute atomic E-state index is 14.0. The van der Waals surface area contributed by atoms with Gasteiger partial charge in [0.15, 0.2) is 5.82 Å². The normalized spacial score (nSPS) is 10.6. The molecule has 2 aromatic heterocycles. The molecule has 0 aliphatic heterocycles. The molecule has 106 valence electrons. The molecule has 10 heteroatoms. The molecule has 0 unspecified atom stereocenters. The molecule has 0 saturated heterocycles. The molecule has 2 rings (SSSR count). The molecule has 0 N–H and O–H groups in total. The minimum Gasteiger partial charge on any atom is -0.468 e. The van der Waals surface area contributed by atoms with Crippen LogP contribution in [0.1, 0.15) is 12.6 Å². The van der Waals surface area contributed by atoms with Crippen LogP contribution in [0.5, 0.6) is 0 Å². The summed E-state index contributed by atoms with van der Waals surface area (Å²) in [7, 11) is 1.26. The van der Waals surface area contributed by atoms with E-state index in [-0.39, 0.29) is 16.7 Å². The van der Waals surface area contributed by atoms with E-state index < -0.39 is 11.8 Å². The molecule has 0 saturated carbocycles. The number of esters is 1. The second-order valence-electron chi connectivity index (χ2n) is 3.59. The van der Waals surface area contributed by atoms with E-state index in [1.54, 1.807) is 6.92 Å². The highest BCUT2D eigenvalue weighted by Crippen LogP contribution is 2.26. The third kappa shape index (κ3) is 3.07. The van der Waals surface area contributed by atoms with Gasteiger partial charge in [0, 0.05) is 0 Å². The summed E-state index contributed by atoms with van der Waals surface area (Å²) in [6, 6.07) is 0. The first-order valence-corrected chi connectivity index (χ1v) is 6.47. The van der Waals surface area contributed by atoms with Gasteiger partial charge in [-0.1, -0.05) is 6.92 Å². The van der Waals surface area contributed by atoms with Gasteiger partial charge in [-0.25, -0.2) is 19.0 Å². The van der Waals surface area contributed by atoms with Crippen LogP contribution in [0.3, 0.4) is 0 Å². The molecule has 0 aliphatic carbocycles. The number of tetrazole rings is 1. The topological polar surface area (TPSA) is 95.7 Å². The Kier molecular flexibility index (Phi) is 4.56. The van der Waals surface area contributed by atoms with Crippen LogP contribution in [0, 0.1) is 5.82 Å². The first-order chi connectivity index (χ1) is 9.65. The van der Waals surface area contributed by atoms with Crippen LogP contribution in [0.15, 0.2) is 16.5 Å². The van der Waals surface area contributed by atoms with Gasteiger partial charge in [-0.3, -0.25) is 4.79 Å². The van der Waals surface area contributed by atoms with E-state index in [2.05, 4.69) is 30.2 Å². The lowest BCUT2D eigenvalue weighted by Crippen LogP contribution is -2.14. The maximum Gasteiger partial charge on any atom is 0.327 e. The van der Waals surface area contributed by atoms with Crippen LogP contribution in [0.2, 0.25) is 0 Å². The molecule has 0 amide bonds. The Bertz CT molecular complexity index is 620. The second kappa shape index (κ2) is 6.37. The lowest BCUT2D eigenvalue weighted by molar-refractivity contribution is -0.141. The zero-order valence-corrected chi connectivity index (χ0v) is 11.6. The third-order valence-electron chi connectivity index (χ3n) is 2.36. The molecule has 0 aliphatic rings. The summed E-state index contributed by atoms with van der Waals surface area (Å²) in [6.45, 7) is 1.64. The van der Waals surface area contributed by atoms with Gasteiger partial charge in [0.05, 0.1) is 12.8 Å². The Balaban J connectivity index is 2.23. The molecule has 2 heterocycles. The average molecular weight is 298 g/mol. The number of aryl methyl sites for hydroxylation is 1. The number of methoxy groups -OCH3 is 1. The number of aromatic nitrogens is 6. The largest absolute Gasteiger partial charge is 0.468 e. The predicted octanol–water partition coefficient (Wildman–Crippen LogP) is 0.489. The van der Waals surface area contributed by atoms with E-state index in [0.717, 1.165) is 11.8 Å². The van der Waals surface area contributed by atoms with Crippen molar-refractivity contribution >= 4 is 17.7 Å². The fourth-order valence-electron chi connectivity index (χ4n) is 1.35. The highest BCUT2D eigenvalue weighted by atomic mass is 32.2. The molecular weight excluding hydrogens is 287 g/mol. The summed E-state index contributed by atoms with van der Waals surface area (Å²) in [6.07, 6.45) is 1.73. The fraction of sp³-hybridized carbons (Fsp3) is 0.400. The van der Waals surface area contributed by atoms with E-state index in [0.29, 0.717) is 12.1 Å². The van der Waals surface area contributed by atoms with Gasteiger partial charge in [-0.05, 0) is 28.6 Å². The van der Waals surface area contributed by atoms with Crippen LogP contribution < -0.4 is 0 Å². The van der Waals surface area contributed by atoms with E-state index in [9.17, 15) is 9.18 Å². The van der Waals surface area contributed by atoms with Gasteiger partial charge in [-0.15, -0.1) is 5.10 Å². The summed E-state index contributed by atoms with van der Waals surface area (Å²) in [5.41, 5.74) is 0.314. The van der Waals surface area contributed by atoms with E-state index in [4.69, 9.17) is 0 Å². The summed E-state index contributed by atoms with van der Waals surface area (Å²) in [5, 5.41) is 11.2. The van der Waals surface area contributed by atoms with E-state index in [1.165, 1.54) is 18.1 Å². The minimum atomic E-state index is -0.507. The fourth-order valence-corrected chi connectivity index (χ4v) is 2.11. The quantitative estimate of drug-likeness (QED) is 0.581. The molecule has 0 aromatic carbocycles. The van der Waals surface area contributed by atoms with Crippen molar-refractivity contribution in [3.8, 4) is 0 Å². The first kappa shape index (κ1) is 14.3. The van der Waals surface area contributed by atoms with Crippen LogP contribution in [0.25, 0.3) is 0 Å². The third-order valence-corrected chi connectivity index (χ3v) is 3.31. The summed E-state index contributed by atoms with van der Waals surface area (Å²) in [5.74, 6) is -1.01. The number of ether oxygens (including phenoxy) is 1. The molecule has 8 nitrogen and oxygen atoms in total. The second-order valence-corrected chi connectivity index (χ2v) is 4.55. The maximum atomic E-state index is 14.0. The van der Waals surface area contributed by atoms with Crippen molar-refractivity contribution in [3.05, 3.63) is 17.8 Å². The van der Waals surface area contributed by atoms with Crippen molar-refractivity contribution in [1.82, 2.24) is 30.2 Å². The monoisotopic (exact) mass is 298 g/mol. The Morgan fingerprint density at radius 3 is 3.00 bits per heavy atom. The Hall–Kier alpha value is -2.10. The van der Waals surface area contributed by atoms with Crippen molar-refractivity contribution in [2.75, 3.05) is 7.11 Å². The van der Waals surface area contributed by atoms with Gasteiger partial charge < -0.3 is 4.74 Å². The standard InChI is InChI=1S/C10H11FN6O2S/c1-3-6-8(11)9(13-5-12-6)20-10-14-15-16-17(10)4-7(18)19-2/h5H,3-4H2,1-2H3. The van der Waals surface area contributed by atoms with Crippen molar-refractivity contribution in [3.63, 3.8) is 0 Å². The molecule has 0 fully saturated rings.